The van der Waals surface area contributed by atoms with Gasteiger partial charge in [0.1, 0.15) is 5.82 Å². The highest BCUT2D eigenvalue weighted by Gasteiger charge is 2.17. The number of rotatable bonds is 4. The van der Waals surface area contributed by atoms with E-state index in [2.05, 4.69) is 22.0 Å². The number of hydrogen-bond donors (Lipinski definition) is 2. The van der Waals surface area contributed by atoms with E-state index in [9.17, 15) is 12.8 Å². The topological polar surface area (TPSA) is 61.4 Å². The lowest BCUT2D eigenvalue weighted by Crippen LogP contribution is -2.36. The molecule has 0 radical (unpaired) electrons. The van der Waals surface area contributed by atoms with Crippen molar-refractivity contribution < 1.29 is 12.8 Å². The molecule has 0 saturated carbocycles. The Morgan fingerprint density at radius 1 is 1.30 bits per heavy atom. The molecule has 1 aromatic carbocycles. The van der Waals surface area contributed by atoms with Crippen LogP contribution in [-0.2, 0) is 10.0 Å². The van der Waals surface area contributed by atoms with Gasteiger partial charge in [0.05, 0.1) is 11.9 Å². The minimum Gasteiger partial charge on any atom is -0.382 e. The fraction of sp³-hybridized carbons (Fsp3) is 0.538. The normalized spacial score (nSPS) is 17.9. The number of nitrogens with zero attached hydrogens (tertiary/aromatic N) is 1. The minimum atomic E-state index is -3.48. The fourth-order valence-corrected chi connectivity index (χ4v) is 2.84. The first-order valence-corrected chi connectivity index (χ1v) is 8.45. The maximum Gasteiger partial charge on any atom is 0.229 e. The molecular weight excluding hydrogens is 281 g/mol. The summed E-state index contributed by atoms with van der Waals surface area (Å²) >= 11 is 0. The van der Waals surface area contributed by atoms with Crippen LogP contribution in [0.5, 0.6) is 0 Å². The van der Waals surface area contributed by atoms with Gasteiger partial charge in [0.2, 0.25) is 10.0 Å². The molecule has 0 bridgehead atoms. The molecule has 112 valence electrons. The number of nitrogens with one attached hydrogen (secondary N) is 2. The molecule has 0 atom stereocenters. The van der Waals surface area contributed by atoms with E-state index in [1.165, 1.54) is 12.1 Å². The molecule has 2 N–H and O–H groups in total. The third kappa shape index (κ3) is 4.35. The Morgan fingerprint density at radius 2 is 1.95 bits per heavy atom. The van der Waals surface area contributed by atoms with E-state index in [1.54, 1.807) is 6.07 Å². The van der Waals surface area contributed by atoms with E-state index < -0.39 is 15.8 Å². The van der Waals surface area contributed by atoms with Gasteiger partial charge in [-0.25, -0.2) is 12.8 Å². The van der Waals surface area contributed by atoms with Crippen molar-refractivity contribution in [1.82, 2.24) is 4.90 Å². The molecule has 0 amide bonds. The Hall–Kier alpha value is -1.34. The molecule has 2 rings (SSSR count). The van der Waals surface area contributed by atoms with Crippen LogP contribution in [0.3, 0.4) is 0 Å². The summed E-state index contributed by atoms with van der Waals surface area (Å²) in [6, 6.07) is 4.73. The lowest BCUT2D eigenvalue weighted by Gasteiger charge is -2.30. The predicted molar refractivity (Wildman–Crippen MR) is 79.0 cm³/mol. The quantitative estimate of drug-likeness (QED) is 0.888. The van der Waals surface area contributed by atoms with Crippen molar-refractivity contribution in [3.05, 3.63) is 24.0 Å². The van der Waals surface area contributed by atoms with Crippen LogP contribution >= 0.6 is 0 Å². The van der Waals surface area contributed by atoms with Gasteiger partial charge in [0, 0.05) is 11.7 Å². The van der Waals surface area contributed by atoms with Gasteiger partial charge in [0.25, 0.3) is 0 Å². The van der Waals surface area contributed by atoms with Crippen LogP contribution in [0, 0.1) is 5.82 Å². The molecule has 1 aromatic rings. The second kappa shape index (κ2) is 5.97. The number of anilines is 2. The molecule has 1 heterocycles. The van der Waals surface area contributed by atoms with Gasteiger partial charge in [-0.15, -0.1) is 0 Å². The molecule has 1 fully saturated rings. The highest BCUT2D eigenvalue weighted by molar-refractivity contribution is 7.92. The summed E-state index contributed by atoms with van der Waals surface area (Å²) in [7, 11) is -1.40. The molecule has 7 heteroatoms. The number of sulfonamides is 1. The van der Waals surface area contributed by atoms with Gasteiger partial charge in [-0.3, -0.25) is 4.72 Å². The van der Waals surface area contributed by atoms with Crippen molar-refractivity contribution in [1.29, 1.82) is 0 Å². The van der Waals surface area contributed by atoms with Crippen LogP contribution in [-0.4, -0.2) is 45.8 Å². The highest BCUT2D eigenvalue weighted by atomic mass is 32.2. The second-order valence-electron chi connectivity index (χ2n) is 5.29. The first-order chi connectivity index (χ1) is 9.33. The van der Waals surface area contributed by atoms with E-state index in [0.717, 1.165) is 37.9 Å². The Balaban J connectivity index is 2.07. The fourth-order valence-electron chi connectivity index (χ4n) is 2.28. The average Bonchev–Trinajstić information content (AvgIpc) is 2.34. The molecule has 1 aliphatic heterocycles. The Labute approximate surface area is 119 Å². The maximum atomic E-state index is 13.6. The molecule has 1 saturated heterocycles. The molecule has 0 aromatic heterocycles. The van der Waals surface area contributed by atoms with Gasteiger partial charge in [-0.05, 0) is 51.2 Å². The van der Waals surface area contributed by atoms with Crippen LogP contribution in [0.4, 0.5) is 15.8 Å². The summed E-state index contributed by atoms with van der Waals surface area (Å²) < 4.78 is 38.1. The van der Waals surface area contributed by atoms with Crippen molar-refractivity contribution in [3.8, 4) is 0 Å². The lowest BCUT2D eigenvalue weighted by molar-refractivity contribution is 0.264. The maximum absolute atomic E-state index is 13.6. The zero-order valence-corrected chi connectivity index (χ0v) is 12.5. The third-order valence-electron chi connectivity index (χ3n) is 3.35. The summed E-state index contributed by atoms with van der Waals surface area (Å²) in [6.07, 6.45) is 3.04. The lowest BCUT2D eigenvalue weighted by atomic mass is 10.1. The molecule has 0 unspecified atom stereocenters. The standard InChI is InChI=1S/C13H20FN3O2S/c1-17-7-5-10(6-8-17)15-11-3-4-12(14)13(9-11)16-20(2,18)19/h3-4,9-10,15-16H,5-8H2,1-2H3. The van der Waals surface area contributed by atoms with Crippen LogP contribution in [0.1, 0.15) is 12.8 Å². The highest BCUT2D eigenvalue weighted by Crippen LogP contribution is 2.22. The summed E-state index contributed by atoms with van der Waals surface area (Å²) in [5.74, 6) is -0.579. The van der Waals surface area contributed by atoms with Gasteiger partial charge in [-0.2, -0.15) is 0 Å². The first kappa shape index (κ1) is 15.1. The van der Waals surface area contributed by atoms with Crippen LogP contribution in [0.2, 0.25) is 0 Å². The Kier molecular flexibility index (Phi) is 4.49. The van der Waals surface area contributed by atoms with Crippen LogP contribution in [0.25, 0.3) is 0 Å². The van der Waals surface area contributed by atoms with Gasteiger partial charge in [-0.1, -0.05) is 0 Å². The third-order valence-corrected chi connectivity index (χ3v) is 3.94. The van der Waals surface area contributed by atoms with Crippen molar-refractivity contribution in [2.24, 2.45) is 0 Å². The van der Waals surface area contributed by atoms with Crippen molar-refractivity contribution >= 4 is 21.4 Å². The number of hydrogen-bond acceptors (Lipinski definition) is 4. The van der Waals surface area contributed by atoms with Crippen molar-refractivity contribution in [2.45, 2.75) is 18.9 Å². The van der Waals surface area contributed by atoms with Crippen LogP contribution in [0.15, 0.2) is 18.2 Å². The number of piperidine rings is 1. The Morgan fingerprint density at radius 3 is 2.55 bits per heavy atom. The van der Waals surface area contributed by atoms with Crippen molar-refractivity contribution in [3.63, 3.8) is 0 Å². The predicted octanol–water partition coefficient (Wildman–Crippen LogP) is 1.70. The number of benzene rings is 1. The van der Waals surface area contributed by atoms with Gasteiger partial charge in [0.15, 0.2) is 0 Å². The molecule has 1 aliphatic rings. The molecule has 0 spiro atoms. The van der Waals surface area contributed by atoms with Crippen LogP contribution < -0.4 is 10.0 Å². The summed E-state index contributed by atoms with van der Waals surface area (Å²) in [5.41, 5.74) is 0.706. The molecule has 5 nitrogen and oxygen atoms in total. The van der Waals surface area contributed by atoms with Crippen molar-refractivity contribution in [2.75, 3.05) is 36.4 Å². The second-order valence-corrected chi connectivity index (χ2v) is 7.04. The zero-order chi connectivity index (χ0) is 14.8. The van der Waals surface area contributed by atoms with E-state index in [1.807, 2.05) is 0 Å². The van der Waals surface area contributed by atoms with Gasteiger partial charge >= 0.3 is 0 Å². The van der Waals surface area contributed by atoms with E-state index in [-0.39, 0.29) is 5.69 Å². The Bertz CT molecular complexity index is 569. The average molecular weight is 301 g/mol. The number of halogens is 1. The summed E-state index contributed by atoms with van der Waals surface area (Å²) in [5, 5.41) is 3.33. The monoisotopic (exact) mass is 301 g/mol. The largest absolute Gasteiger partial charge is 0.382 e. The number of likely N-dealkylation sites (tertiary alicyclic amines) is 1. The summed E-state index contributed by atoms with van der Waals surface area (Å²) in [6.45, 7) is 2.04. The zero-order valence-electron chi connectivity index (χ0n) is 11.7. The smallest absolute Gasteiger partial charge is 0.229 e. The SMILES string of the molecule is CN1CCC(Nc2ccc(F)c(NS(C)(=O)=O)c2)CC1. The summed E-state index contributed by atoms with van der Waals surface area (Å²) in [4.78, 5) is 2.26. The minimum absolute atomic E-state index is 0.0228. The van der Waals surface area contributed by atoms with Gasteiger partial charge < -0.3 is 10.2 Å². The van der Waals surface area contributed by atoms with E-state index in [0.29, 0.717) is 6.04 Å². The van der Waals surface area contributed by atoms with E-state index >= 15 is 0 Å². The first-order valence-electron chi connectivity index (χ1n) is 6.56. The molecule has 20 heavy (non-hydrogen) atoms. The van der Waals surface area contributed by atoms with E-state index in [4.69, 9.17) is 0 Å². The molecular formula is C13H20FN3O2S. The molecule has 0 aliphatic carbocycles.